The van der Waals surface area contributed by atoms with Crippen molar-refractivity contribution in [2.75, 3.05) is 37.6 Å². The molecule has 4 rings (SSSR count). The third kappa shape index (κ3) is 3.97. The van der Waals surface area contributed by atoms with E-state index in [0.29, 0.717) is 50.0 Å². The van der Waals surface area contributed by atoms with Gasteiger partial charge in [-0.15, -0.1) is 0 Å². The number of urea groups is 1. The number of carbonyl (C=O) groups is 3. The minimum Gasteiger partial charge on any atom is -0.353 e. The topological polar surface area (TPSA) is 85.8 Å². The molecule has 4 amide bonds. The summed E-state index contributed by atoms with van der Waals surface area (Å²) in [6, 6.07) is 3.22. The van der Waals surface area contributed by atoms with Crippen LogP contribution in [0.25, 0.3) is 0 Å². The van der Waals surface area contributed by atoms with Crippen LogP contribution in [0.4, 0.5) is 10.6 Å². The van der Waals surface area contributed by atoms with E-state index in [1.54, 1.807) is 17.2 Å². The third-order valence-corrected chi connectivity index (χ3v) is 6.97. The first-order valence-corrected chi connectivity index (χ1v) is 11.1. The molecule has 1 N–H and O–H groups in total. The van der Waals surface area contributed by atoms with E-state index in [-0.39, 0.29) is 18.4 Å². The molecular formula is C21H28ClN5O3. The van der Waals surface area contributed by atoms with E-state index in [1.165, 1.54) is 0 Å². The lowest BCUT2D eigenvalue weighted by molar-refractivity contribution is -0.139. The maximum absolute atomic E-state index is 13.0. The van der Waals surface area contributed by atoms with Gasteiger partial charge in [0.05, 0.1) is 5.02 Å². The first-order chi connectivity index (χ1) is 14.4. The van der Waals surface area contributed by atoms with Gasteiger partial charge in [-0.1, -0.05) is 24.9 Å². The summed E-state index contributed by atoms with van der Waals surface area (Å²) in [5.74, 6) is 1.01. The van der Waals surface area contributed by atoms with E-state index in [2.05, 4.69) is 22.1 Å². The molecule has 1 saturated carbocycles. The Balaban J connectivity index is 1.32. The third-order valence-electron chi connectivity index (χ3n) is 6.74. The van der Waals surface area contributed by atoms with Crippen LogP contribution in [0.1, 0.15) is 39.0 Å². The van der Waals surface area contributed by atoms with Crippen molar-refractivity contribution in [3.05, 3.63) is 23.4 Å². The number of nitrogens with zero attached hydrogens (tertiary/aromatic N) is 4. The second-order valence-electron chi connectivity index (χ2n) is 8.46. The highest BCUT2D eigenvalue weighted by molar-refractivity contribution is 6.30. The molecule has 1 aliphatic carbocycles. The van der Waals surface area contributed by atoms with E-state index < -0.39 is 11.6 Å². The maximum Gasteiger partial charge on any atom is 0.325 e. The summed E-state index contributed by atoms with van der Waals surface area (Å²) in [5, 5.41) is 3.48. The number of nitrogens with one attached hydrogen (secondary N) is 1. The fraction of sp³-hybridized carbons (Fsp3) is 0.619. The number of imide groups is 1. The number of rotatable bonds is 4. The predicted molar refractivity (Wildman–Crippen MR) is 113 cm³/mol. The zero-order valence-corrected chi connectivity index (χ0v) is 18.0. The highest BCUT2D eigenvalue weighted by Gasteiger charge is 2.52. The molecule has 9 heteroatoms. The van der Waals surface area contributed by atoms with Gasteiger partial charge in [0.1, 0.15) is 17.9 Å². The quantitative estimate of drug-likeness (QED) is 0.736. The summed E-state index contributed by atoms with van der Waals surface area (Å²) >= 11 is 5.89. The molecule has 0 aromatic carbocycles. The van der Waals surface area contributed by atoms with Crippen molar-refractivity contribution in [1.82, 2.24) is 20.1 Å². The van der Waals surface area contributed by atoms with Crippen LogP contribution in [0, 0.1) is 5.92 Å². The molecule has 1 aromatic rings. The van der Waals surface area contributed by atoms with Crippen LogP contribution in [0.3, 0.4) is 0 Å². The highest BCUT2D eigenvalue weighted by atomic mass is 35.5. The molecule has 2 saturated heterocycles. The Labute approximate surface area is 181 Å². The van der Waals surface area contributed by atoms with Gasteiger partial charge in [-0.2, -0.15) is 0 Å². The summed E-state index contributed by atoms with van der Waals surface area (Å²) in [6.07, 6.45) is 5.89. The van der Waals surface area contributed by atoms with Crippen molar-refractivity contribution in [2.24, 2.45) is 5.92 Å². The lowest BCUT2D eigenvalue weighted by Crippen LogP contribution is -2.53. The number of pyridine rings is 1. The first-order valence-electron chi connectivity index (χ1n) is 10.7. The van der Waals surface area contributed by atoms with Crippen molar-refractivity contribution in [1.29, 1.82) is 0 Å². The average Bonchev–Trinajstić information content (AvgIpc) is 2.99. The number of carbonyl (C=O) groups excluding carboxylic acids is 3. The Hall–Kier alpha value is -2.35. The number of hydrogen-bond donors (Lipinski definition) is 1. The number of halogens is 1. The lowest BCUT2D eigenvalue weighted by atomic mass is 9.75. The maximum atomic E-state index is 13.0. The standard InChI is InChI=1S/C21H28ClN5O3/c1-2-15-5-7-21(8-6-15)19(29)27(20(30)24-21)14-18(28)26-11-9-25(10-12-26)17-4-3-16(22)13-23-17/h3-4,13,15H,2,5-12,14H2,1H3,(H,24,30). The van der Waals surface area contributed by atoms with Crippen LogP contribution in [0.2, 0.25) is 5.02 Å². The second kappa shape index (κ2) is 8.41. The van der Waals surface area contributed by atoms with Crippen LogP contribution in [0.15, 0.2) is 18.3 Å². The van der Waals surface area contributed by atoms with E-state index in [4.69, 9.17) is 11.6 Å². The van der Waals surface area contributed by atoms with Gasteiger partial charge in [-0.25, -0.2) is 9.78 Å². The van der Waals surface area contributed by atoms with E-state index in [9.17, 15) is 14.4 Å². The molecule has 3 fully saturated rings. The van der Waals surface area contributed by atoms with Gasteiger partial charge in [0, 0.05) is 32.4 Å². The van der Waals surface area contributed by atoms with Crippen molar-refractivity contribution in [3.8, 4) is 0 Å². The summed E-state index contributed by atoms with van der Waals surface area (Å²) in [6.45, 7) is 4.30. The molecule has 162 valence electrons. The van der Waals surface area contributed by atoms with Gasteiger partial charge < -0.3 is 15.1 Å². The van der Waals surface area contributed by atoms with Gasteiger partial charge in [-0.05, 0) is 43.7 Å². The number of amides is 4. The number of hydrogen-bond acceptors (Lipinski definition) is 5. The van der Waals surface area contributed by atoms with Crippen LogP contribution >= 0.6 is 11.6 Å². The highest BCUT2D eigenvalue weighted by Crippen LogP contribution is 2.37. The SMILES string of the molecule is CCC1CCC2(CC1)NC(=O)N(CC(=O)N1CCN(c3ccc(Cl)cn3)CC1)C2=O. The summed E-state index contributed by atoms with van der Waals surface area (Å²) < 4.78 is 0. The van der Waals surface area contributed by atoms with Crippen molar-refractivity contribution < 1.29 is 14.4 Å². The molecule has 3 heterocycles. The molecule has 0 atom stereocenters. The number of anilines is 1. The lowest BCUT2D eigenvalue weighted by Gasteiger charge is -2.36. The van der Waals surface area contributed by atoms with E-state index in [0.717, 1.165) is 30.0 Å². The summed E-state index contributed by atoms with van der Waals surface area (Å²) in [5.41, 5.74) is -0.804. The average molecular weight is 434 g/mol. The smallest absolute Gasteiger partial charge is 0.325 e. The second-order valence-corrected chi connectivity index (χ2v) is 8.89. The molecule has 0 radical (unpaired) electrons. The molecule has 0 unspecified atom stereocenters. The minimum atomic E-state index is -0.804. The Morgan fingerprint density at radius 3 is 2.50 bits per heavy atom. The number of piperazine rings is 1. The molecule has 1 aromatic heterocycles. The van der Waals surface area contributed by atoms with Gasteiger partial charge in [-0.3, -0.25) is 14.5 Å². The Morgan fingerprint density at radius 2 is 1.90 bits per heavy atom. The fourth-order valence-corrected chi connectivity index (χ4v) is 4.82. The summed E-state index contributed by atoms with van der Waals surface area (Å²) in [7, 11) is 0. The monoisotopic (exact) mass is 433 g/mol. The van der Waals surface area contributed by atoms with Crippen LogP contribution < -0.4 is 10.2 Å². The Bertz CT molecular complexity index is 814. The number of aromatic nitrogens is 1. The van der Waals surface area contributed by atoms with Crippen LogP contribution in [0.5, 0.6) is 0 Å². The van der Waals surface area contributed by atoms with Gasteiger partial charge in [0.15, 0.2) is 0 Å². The molecule has 1 spiro atoms. The molecular weight excluding hydrogens is 406 g/mol. The van der Waals surface area contributed by atoms with Crippen LogP contribution in [-0.4, -0.2) is 70.9 Å². The predicted octanol–water partition coefficient (Wildman–Crippen LogP) is 2.27. The fourth-order valence-electron chi connectivity index (χ4n) is 4.71. The molecule has 3 aliphatic rings. The first kappa shape index (κ1) is 20.9. The zero-order chi connectivity index (χ0) is 21.3. The van der Waals surface area contributed by atoms with Crippen molar-refractivity contribution >= 4 is 35.3 Å². The molecule has 2 aliphatic heterocycles. The van der Waals surface area contributed by atoms with Gasteiger partial charge >= 0.3 is 6.03 Å². The van der Waals surface area contributed by atoms with Crippen molar-refractivity contribution in [2.45, 2.75) is 44.6 Å². The van der Waals surface area contributed by atoms with Crippen molar-refractivity contribution in [3.63, 3.8) is 0 Å². The Kier molecular flexibility index (Phi) is 5.86. The minimum absolute atomic E-state index is 0.192. The van der Waals surface area contributed by atoms with E-state index >= 15 is 0 Å². The normalized spacial score (nSPS) is 27.0. The van der Waals surface area contributed by atoms with Gasteiger partial charge in [0.2, 0.25) is 5.91 Å². The zero-order valence-electron chi connectivity index (χ0n) is 17.3. The largest absolute Gasteiger partial charge is 0.353 e. The molecule has 8 nitrogen and oxygen atoms in total. The Morgan fingerprint density at radius 1 is 1.20 bits per heavy atom. The van der Waals surface area contributed by atoms with Crippen LogP contribution in [-0.2, 0) is 9.59 Å². The molecule has 30 heavy (non-hydrogen) atoms. The van der Waals surface area contributed by atoms with E-state index in [1.807, 2.05) is 6.07 Å². The van der Waals surface area contributed by atoms with Gasteiger partial charge in [0.25, 0.3) is 5.91 Å². The molecule has 0 bridgehead atoms. The summed E-state index contributed by atoms with van der Waals surface area (Å²) in [4.78, 5) is 47.5.